The van der Waals surface area contributed by atoms with Crippen LogP contribution in [-0.2, 0) is 30.3 Å². The molecule has 1 N–H and O–H groups in total. The van der Waals surface area contributed by atoms with E-state index >= 15 is 0 Å². The van der Waals surface area contributed by atoms with E-state index < -0.39 is 6.72 Å². The Morgan fingerprint density at radius 3 is 1.71 bits per heavy atom. The van der Waals surface area contributed by atoms with Gasteiger partial charge in [-0.1, -0.05) is 41.5 Å². The first-order valence-electron chi connectivity index (χ1n) is 8.69. The summed E-state index contributed by atoms with van der Waals surface area (Å²) in [4.78, 5) is 9.89. The van der Waals surface area contributed by atoms with Crippen LogP contribution in [0.5, 0.6) is 0 Å². The van der Waals surface area contributed by atoms with Crippen molar-refractivity contribution >= 4 is 18.5 Å². The summed E-state index contributed by atoms with van der Waals surface area (Å²) < 4.78 is 21.4. The molecule has 0 spiro atoms. The molecule has 24 heavy (non-hydrogen) atoms. The van der Waals surface area contributed by atoms with Gasteiger partial charge < -0.3 is 23.4 Å². The second-order valence-electron chi connectivity index (χ2n) is 8.33. The molecule has 0 saturated heterocycles. The summed E-state index contributed by atoms with van der Waals surface area (Å²) in [6.45, 7) is 12.8. The summed E-state index contributed by atoms with van der Waals surface area (Å²) in [6, 6.07) is 0. The highest BCUT2D eigenvalue weighted by Crippen LogP contribution is 2.43. The molecule has 0 aromatic rings. The first kappa shape index (κ1) is 24.5. The maximum Gasteiger partial charge on any atom is 0.324 e. The summed E-state index contributed by atoms with van der Waals surface area (Å²) in [5.41, 5.74) is 0.546. The van der Waals surface area contributed by atoms with Crippen molar-refractivity contribution in [1.82, 2.24) is 0 Å². The lowest BCUT2D eigenvalue weighted by Gasteiger charge is -2.19. The molecule has 0 heterocycles. The normalized spacial score (nSPS) is 15.5. The molecule has 1 atom stereocenters. The molecule has 0 aromatic carbocycles. The lowest BCUT2D eigenvalue weighted by Crippen LogP contribution is -2.13. The van der Waals surface area contributed by atoms with Crippen LogP contribution in [0.2, 0.25) is 0 Å². The molecular formula is C17H37O5PS. The van der Waals surface area contributed by atoms with Gasteiger partial charge in [-0.25, -0.2) is 0 Å². The highest BCUT2D eigenvalue weighted by atomic mass is 32.5. The van der Waals surface area contributed by atoms with Gasteiger partial charge in [-0.3, -0.25) is 0 Å². The molecule has 0 rings (SSSR count). The second-order valence-corrected chi connectivity index (χ2v) is 11.2. The molecule has 0 bridgehead atoms. The van der Waals surface area contributed by atoms with Crippen molar-refractivity contribution < 1.29 is 23.4 Å². The maximum atomic E-state index is 9.89. The van der Waals surface area contributed by atoms with E-state index in [1.807, 2.05) is 0 Å². The smallest absolute Gasteiger partial charge is 0.324 e. The largest absolute Gasteiger partial charge is 0.379 e. The molecule has 1 unspecified atom stereocenters. The molecule has 146 valence electrons. The van der Waals surface area contributed by atoms with Crippen molar-refractivity contribution in [2.45, 2.75) is 60.8 Å². The van der Waals surface area contributed by atoms with E-state index in [-0.39, 0.29) is 12.0 Å². The van der Waals surface area contributed by atoms with Crippen molar-refractivity contribution in [3.05, 3.63) is 0 Å². The van der Waals surface area contributed by atoms with Gasteiger partial charge in [-0.05, 0) is 41.9 Å². The molecule has 0 aliphatic rings. The van der Waals surface area contributed by atoms with Gasteiger partial charge in [0.2, 0.25) is 0 Å². The minimum Gasteiger partial charge on any atom is -0.379 e. The van der Waals surface area contributed by atoms with Crippen LogP contribution >= 0.6 is 6.72 Å². The van der Waals surface area contributed by atoms with Gasteiger partial charge in [0.15, 0.2) is 0 Å². The lowest BCUT2D eigenvalue weighted by molar-refractivity contribution is 0.0268. The van der Waals surface area contributed by atoms with Crippen LogP contribution in [0.15, 0.2) is 0 Å². The fourth-order valence-corrected chi connectivity index (χ4v) is 2.92. The van der Waals surface area contributed by atoms with Crippen molar-refractivity contribution in [3.63, 3.8) is 0 Å². The zero-order chi connectivity index (χ0) is 18.7. The third-order valence-electron chi connectivity index (χ3n) is 3.18. The van der Waals surface area contributed by atoms with Gasteiger partial charge in [0.25, 0.3) is 0 Å². The van der Waals surface area contributed by atoms with E-state index in [0.717, 1.165) is 25.9 Å². The van der Waals surface area contributed by atoms with Crippen LogP contribution in [0.25, 0.3) is 0 Å². The minimum absolute atomic E-state index is 0.231. The van der Waals surface area contributed by atoms with Gasteiger partial charge >= 0.3 is 6.72 Å². The quantitative estimate of drug-likeness (QED) is 0.372. The van der Waals surface area contributed by atoms with Gasteiger partial charge in [-0.15, -0.1) is 0 Å². The monoisotopic (exact) mass is 384 g/mol. The molecule has 5 nitrogen and oxygen atoms in total. The van der Waals surface area contributed by atoms with Crippen LogP contribution in [0, 0.1) is 10.8 Å². The van der Waals surface area contributed by atoms with Crippen LogP contribution in [-0.4, -0.2) is 44.5 Å². The zero-order valence-electron chi connectivity index (χ0n) is 16.3. The Morgan fingerprint density at radius 1 is 0.708 bits per heavy atom. The summed E-state index contributed by atoms with van der Waals surface area (Å²) in [5, 5.41) is 0. The molecule has 0 saturated carbocycles. The average Bonchev–Trinajstić information content (AvgIpc) is 2.39. The summed E-state index contributed by atoms with van der Waals surface area (Å²) >= 11 is 4.96. The predicted octanol–water partition coefficient (Wildman–Crippen LogP) is 4.53. The van der Waals surface area contributed by atoms with Gasteiger partial charge in [0, 0.05) is 6.61 Å². The van der Waals surface area contributed by atoms with E-state index in [1.54, 1.807) is 0 Å². The molecule has 7 heteroatoms. The Labute approximate surface area is 153 Å². The standard InChI is InChI=1S/C17H37O5PS/c1-16(2,3)8-7-10-21-23(18,24)22-15-14-20-13-12-19-11-9-17(4,5)6/h7-15H2,1-6H3,(H,18,24). The lowest BCUT2D eigenvalue weighted by atomic mass is 9.91. The Morgan fingerprint density at radius 2 is 1.17 bits per heavy atom. The van der Waals surface area contributed by atoms with Crippen LogP contribution < -0.4 is 0 Å². The predicted molar refractivity (Wildman–Crippen MR) is 103 cm³/mol. The Balaban J connectivity index is 3.50. The highest BCUT2D eigenvalue weighted by Gasteiger charge is 2.16. The number of rotatable bonds is 13. The first-order chi connectivity index (χ1) is 10.9. The highest BCUT2D eigenvalue weighted by molar-refractivity contribution is 8.07. The maximum absolute atomic E-state index is 9.89. The van der Waals surface area contributed by atoms with Crippen LogP contribution in [0.1, 0.15) is 60.8 Å². The zero-order valence-corrected chi connectivity index (χ0v) is 18.0. The van der Waals surface area contributed by atoms with E-state index in [2.05, 4.69) is 41.5 Å². The van der Waals surface area contributed by atoms with Crippen molar-refractivity contribution in [1.29, 1.82) is 0 Å². The first-order valence-corrected chi connectivity index (χ1v) is 11.3. The fraction of sp³-hybridized carbons (Fsp3) is 1.00. The third kappa shape index (κ3) is 18.8. The third-order valence-corrected chi connectivity index (χ3v) is 4.83. The average molecular weight is 385 g/mol. The van der Waals surface area contributed by atoms with E-state index in [4.69, 9.17) is 30.3 Å². The number of hydrogen-bond donors (Lipinski definition) is 1. The summed E-state index contributed by atoms with van der Waals surface area (Å²) in [7, 11) is 0. The van der Waals surface area contributed by atoms with Crippen LogP contribution in [0.4, 0.5) is 0 Å². The number of hydrogen-bond acceptors (Lipinski definition) is 5. The van der Waals surface area contributed by atoms with Gasteiger partial charge in [0.1, 0.15) is 0 Å². The molecule has 0 aliphatic heterocycles. The van der Waals surface area contributed by atoms with E-state index in [9.17, 15) is 4.89 Å². The topological polar surface area (TPSA) is 57.2 Å². The SMILES string of the molecule is CC(C)(C)CCCOP(O)(=S)OCCOCCOCCC(C)(C)C. The molecule has 0 fully saturated rings. The van der Waals surface area contributed by atoms with Crippen molar-refractivity contribution in [2.24, 2.45) is 10.8 Å². The van der Waals surface area contributed by atoms with E-state index in [1.165, 1.54) is 0 Å². The fourth-order valence-electron chi connectivity index (χ4n) is 1.73. The molecule has 0 amide bonds. The Bertz CT molecular complexity index is 363. The second kappa shape index (κ2) is 11.9. The molecule has 0 radical (unpaired) electrons. The Hall–Kier alpha value is 0.450. The van der Waals surface area contributed by atoms with E-state index in [0.29, 0.717) is 31.8 Å². The Kier molecular flexibility index (Phi) is 12.2. The minimum atomic E-state index is -3.14. The summed E-state index contributed by atoms with van der Waals surface area (Å²) in [6.07, 6.45) is 2.89. The molecule has 0 aliphatic carbocycles. The van der Waals surface area contributed by atoms with Gasteiger partial charge in [0.05, 0.1) is 33.0 Å². The van der Waals surface area contributed by atoms with Crippen LogP contribution in [0.3, 0.4) is 0 Å². The molecule has 0 aromatic heterocycles. The van der Waals surface area contributed by atoms with Gasteiger partial charge in [-0.2, -0.15) is 0 Å². The molecular weight excluding hydrogens is 347 g/mol. The van der Waals surface area contributed by atoms with Crippen molar-refractivity contribution in [3.8, 4) is 0 Å². The van der Waals surface area contributed by atoms with Crippen molar-refractivity contribution in [2.75, 3.05) is 39.6 Å². The number of ether oxygens (including phenoxy) is 2. The summed E-state index contributed by atoms with van der Waals surface area (Å²) in [5.74, 6) is 0.